The number of benzene rings is 2. The van der Waals surface area contributed by atoms with E-state index in [0.717, 1.165) is 23.3 Å². The Morgan fingerprint density at radius 2 is 1.58 bits per heavy atom. The molecule has 0 aliphatic heterocycles. The van der Waals surface area contributed by atoms with E-state index in [1.54, 1.807) is 20.8 Å². The fourth-order valence-corrected chi connectivity index (χ4v) is 4.03. The van der Waals surface area contributed by atoms with E-state index >= 15 is 13.2 Å². The monoisotopic (exact) mass is 628 g/mol. The highest BCUT2D eigenvalue weighted by molar-refractivity contribution is 5.78. The summed E-state index contributed by atoms with van der Waals surface area (Å²) in [5.41, 5.74) is -5.50. The number of amides is 1. The summed E-state index contributed by atoms with van der Waals surface area (Å²) in [6, 6.07) is 9.08. The van der Waals surface area contributed by atoms with Gasteiger partial charge in [0.05, 0.1) is 6.54 Å². The van der Waals surface area contributed by atoms with Gasteiger partial charge in [-0.05, 0) is 79.7 Å². The second-order valence-electron chi connectivity index (χ2n) is 10.6. The highest BCUT2D eigenvalue weighted by Gasteiger charge is 2.62. The summed E-state index contributed by atoms with van der Waals surface area (Å²) in [6.07, 6.45) is 0.874. The molecule has 1 N–H and O–H groups in total. The number of pyridine rings is 1. The summed E-state index contributed by atoms with van der Waals surface area (Å²) in [7, 11) is 0. The number of rotatable bonds is 8. The van der Waals surface area contributed by atoms with E-state index in [0.29, 0.717) is 23.8 Å². The SMILES string of the molecule is CC(C)(C)OC(=O)NCC(=O)OC(Cn1cnnn1)(c1ccc(F)cc1F)C(F)(F)c1ccc(C#Cc2ccc(F)cc2)cn1. The van der Waals surface area contributed by atoms with E-state index < -0.39 is 71.0 Å². The minimum Gasteiger partial charge on any atom is -0.444 e. The van der Waals surface area contributed by atoms with Gasteiger partial charge in [-0.3, -0.25) is 9.78 Å². The number of halogens is 5. The molecule has 0 radical (unpaired) electrons. The van der Waals surface area contributed by atoms with Crippen molar-refractivity contribution in [1.82, 2.24) is 30.5 Å². The van der Waals surface area contributed by atoms with Crippen molar-refractivity contribution >= 4 is 12.1 Å². The fraction of sp³-hybridized carbons (Fsp3) is 0.267. The number of alkyl halides is 2. The lowest BCUT2D eigenvalue weighted by molar-refractivity contribution is -0.231. The number of tetrazole rings is 1. The smallest absolute Gasteiger partial charge is 0.408 e. The highest BCUT2D eigenvalue weighted by Crippen LogP contribution is 2.49. The van der Waals surface area contributed by atoms with Gasteiger partial charge < -0.3 is 14.8 Å². The Kier molecular flexibility index (Phi) is 9.46. The van der Waals surface area contributed by atoms with Gasteiger partial charge >= 0.3 is 18.0 Å². The third-order valence-corrected chi connectivity index (χ3v) is 5.99. The minimum atomic E-state index is -4.35. The Morgan fingerprint density at radius 3 is 2.18 bits per heavy atom. The lowest BCUT2D eigenvalue weighted by Crippen LogP contribution is -2.52. The molecule has 0 bridgehead atoms. The molecule has 1 atom stereocenters. The number of hydrogen-bond donors (Lipinski definition) is 1. The van der Waals surface area contributed by atoms with Crippen molar-refractivity contribution < 1.29 is 41.0 Å². The molecule has 0 aliphatic carbocycles. The minimum absolute atomic E-state index is 0.191. The van der Waals surface area contributed by atoms with E-state index in [9.17, 15) is 18.4 Å². The molecular formula is C30H25F5N6O4. The molecule has 0 fully saturated rings. The van der Waals surface area contributed by atoms with E-state index in [4.69, 9.17) is 9.47 Å². The van der Waals surface area contributed by atoms with Gasteiger partial charge in [-0.25, -0.2) is 22.6 Å². The lowest BCUT2D eigenvalue weighted by atomic mass is 9.84. The number of nitrogens with zero attached hydrogens (tertiary/aromatic N) is 5. The third kappa shape index (κ3) is 7.96. The van der Waals surface area contributed by atoms with Crippen LogP contribution in [0.2, 0.25) is 0 Å². The van der Waals surface area contributed by atoms with Crippen LogP contribution in [-0.2, 0) is 32.3 Å². The highest BCUT2D eigenvalue weighted by atomic mass is 19.3. The first kappa shape index (κ1) is 32.5. The molecule has 2 aromatic heterocycles. The van der Waals surface area contributed by atoms with Crippen LogP contribution in [0.5, 0.6) is 0 Å². The van der Waals surface area contributed by atoms with Crippen molar-refractivity contribution in [3.05, 3.63) is 107 Å². The van der Waals surface area contributed by atoms with Crippen molar-refractivity contribution in [2.75, 3.05) is 6.54 Å². The largest absolute Gasteiger partial charge is 0.444 e. The van der Waals surface area contributed by atoms with Crippen LogP contribution in [0, 0.1) is 29.3 Å². The second-order valence-corrected chi connectivity index (χ2v) is 10.6. The zero-order valence-electron chi connectivity index (χ0n) is 24.0. The first-order valence-electron chi connectivity index (χ1n) is 13.2. The average Bonchev–Trinajstić information content (AvgIpc) is 3.48. The number of aromatic nitrogens is 5. The maximum Gasteiger partial charge on any atom is 0.408 e. The maximum absolute atomic E-state index is 16.8. The van der Waals surface area contributed by atoms with Gasteiger partial charge in [0.25, 0.3) is 0 Å². The Balaban J connectivity index is 1.76. The molecular weight excluding hydrogens is 603 g/mol. The molecule has 4 rings (SSSR count). The molecule has 1 unspecified atom stereocenters. The molecule has 2 aromatic carbocycles. The molecule has 2 heterocycles. The standard InChI is InChI=1S/C30H25F5N6O4/c1-28(2,3)45-27(43)37-16-26(42)44-29(17-41-18-38-39-40-41,23-12-11-22(32)14-24(23)33)30(34,35)25-13-8-20(15-36-25)5-4-19-6-9-21(31)10-7-19/h6-15,18H,16-17H2,1-3H3,(H,37,43). The molecule has 45 heavy (non-hydrogen) atoms. The van der Waals surface area contributed by atoms with Crippen LogP contribution < -0.4 is 5.32 Å². The summed E-state index contributed by atoms with van der Waals surface area (Å²) < 4.78 is 87.1. The van der Waals surface area contributed by atoms with Gasteiger partial charge in [0.2, 0.25) is 5.60 Å². The topological polar surface area (TPSA) is 121 Å². The number of esters is 1. The van der Waals surface area contributed by atoms with Crippen LogP contribution in [0.3, 0.4) is 0 Å². The predicted octanol–water partition coefficient (Wildman–Crippen LogP) is 4.64. The fourth-order valence-electron chi connectivity index (χ4n) is 4.03. The van der Waals surface area contributed by atoms with Gasteiger partial charge in [0.1, 0.15) is 41.6 Å². The van der Waals surface area contributed by atoms with E-state index in [1.165, 1.54) is 30.3 Å². The zero-order valence-corrected chi connectivity index (χ0v) is 24.0. The number of nitrogens with one attached hydrogen (secondary N) is 1. The summed E-state index contributed by atoms with van der Waals surface area (Å²) in [5, 5.41) is 12.4. The molecule has 10 nitrogen and oxygen atoms in total. The second kappa shape index (κ2) is 13.1. The van der Waals surface area contributed by atoms with Gasteiger partial charge in [0.15, 0.2) is 0 Å². The molecule has 15 heteroatoms. The Labute approximate surface area is 253 Å². The number of hydrogen-bond acceptors (Lipinski definition) is 8. The first-order chi connectivity index (χ1) is 21.2. The average molecular weight is 629 g/mol. The summed E-state index contributed by atoms with van der Waals surface area (Å²) in [5.74, 6) is -3.35. The lowest BCUT2D eigenvalue weighted by Gasteiger charge is -2.39. The van der Waals surface area contributed by atoms with E-state index in [2.05, 4.69) is 37.7 Å². The van der Waals surface area contributed by atoms with Crippen molar-refractivity contribution in [3.63, 3.8) is 0 Å². The van der Waals surface area contributed by atoms with Crippen LogP contribution in [0.15, 0.2) is 67.1 Å². The Hall–Kier alpha value is -5.39. The molecule has 0 spiro atoms. The third-order valence-electron chi connectivity index (χ3n) is 5.99. The van der Waals surface area contributed by atoms with E-state index in [1.807, 2.05) is 0 Å². The summed E-state index contributed by atoms with van der Waals surface area (Å²) >= 11 is 0. The van der Waals surface area contributed by atoms with Crippen molar-refractivity contribution in [2.45, 2.75) is 44.4 Å². The molecule has 0 saturated heterocycles. The van der Waals surface area contributed by atoms with Crippen LogP contribution in [0.4, 0.5) is 26.7 Å². The molecule has 0 aliphatic rings. The van der Waals surface area contributed by atoms with Crippen molar-refractivity contribution in [3.8, 4) is 11.8 Å². The first-order valence-corrected chi connectivity index (χ1v) is 13.2. The van der Waals surface area contributed by atoms with Gasteiger partial charge in [-0.2, -0.15) is 8.78 Å². The van der Waals surface area contributed by atoms with Crippen molar-refractivity contribution in [1.29, 1.82) is 0 Å². The predicted molar refractivity (Wildman–Crippen MR) is 147 cm³/mol. The van der Waals surface area contributed by atoms with Gasteiger partial charge in [0, 0.05) is 29.0 Å². The zero-order chi connectivity index (χ0) is 32.8. The Bertz CT molecular complexity index is 1720. The quantitative estimate of drug-likeness (QED) is 0.170. The van der Waals surface area contributed by atoms with Crippen molar-refractivity contribution in [2.24, 2.45) is 0 Å². The maximum atomic E-state index is 16.8. The normalized spacial score (nSPS) is 12.8. The van der Waals surface area contributed by atoms with Crippen LogP contribution in [0.1, 0.15) is 43.2 Å². The van der Waals surface area contributed by atoms with Crippen LogP contribution in [-0.4, -0.2) is 49.4 Å². The van der Waals surface area contributed by atoms with Crippen LogP contribution in [0.25, 0.3) is 0 Å². The van der Waals surface area contributed by atoms with Gasteiger partial charge in [-0.1, -0.05) is 11.8 Å². The molecule has 4 aromatic rings. The summed E-state index contributed by atoms with van der Waals surface area (Å²) in [4.78, 5) is 28.9. The number of carbonyl (C=O) groups is 2. The Morgan fingerprint density at radius 1 is 0.911 bits per heavy atom. The number of carbonyl (C=O) groups excluding carboxylic acids is 2. The molecule has 234 valence electrons. The van der Waals surface area contributed by atoms with Gasteiger partial charge in [-0.15, -0.1) is 5.10 Å². The molecule has 1 amide bonds. The molecule has 0 saturated carbocycles. The number of alkyl carbamates (subject to hydrolysis) is 1. The summed E-state index contributed by atoms with van der Waals surface area (Å²) in [6.45, 7) is 2.66. The van der Waals surface area contributed by atoms with E-state index in [-0.39, 0.29) is 5.56 Å². The van der Waals surface area contributed by atoms with Crippen LogP contribution >= 0.6 is 0 Å². The number of ether oxygens (including phenoxy) is 2.